The second-order valence-corrected chi connectivity index (χ2v) is 4.51. The van der Waals surface area contributed by atoms with Crippen molar-refractivity contribution in [3.63, 3.8) is 0 Å². The zero-order chi connectivity index (χ0) is 12.7. The maximum atomic E-state index is 12.9. The number of rotatable bonds is 1. The van der Waals surface area contributed by atoms with Crippen LogP contribution in [0.25, 0.3) is 0 Å². The molecular formula is C14H13FN2O. The van der Waals surface area contributed by atoms with E-state index in [-0.39, 0.29) is 11.7 Å². The van der Waals surface area contributed by atoms with Crippen LogP contribution in [0, 0.1) is 12.7 Å². The first-order valence-corrected chi connectivity index (χ1v) is 5.86. The Balaban J connectivity index is 1.96. The van der Waals surface area contributed by atoms with E-state index in [4.69, 9.17) is 0 Å². The second-order valence-electron chi connectivity index (χ2n) is 4.51. The van der Waals surface area contributed by atoms with E-state index >= 15 is 0 Å². The van der Waals surface area contributed by atoms with E-state index in [9.17, 15) is 9.18 Å². The van der Waals surface area contributed by atoms with Gasteiger partial charge in [0.25, 0.3) is 0 Å². The third-order valence-corrected chi connectivity index (χ3v) is 3.34. The number of amides is 1. The highest BCUT2D eigenvalue weighted by Gasteiger charge is 2.24. The molecule has 0 fully saturated rings. The fraction of sp³-hybridized carbons (Fsp3) is 0.214. The van der Waals surface area contributed by atoms with Crippen LogP contribution in [0.15, 0.2) is 36.4 Å². The van der Waals surface area contributed by atoms with Gasteiger partial charge in [0, 0.05) is 17.1 Å². The van der Waals surface area contributed by atoms with Crippen molar-refractivity contribution < 1.29 is 9.18 Å². The van der Waals surface area contributed by atoms with Crippen molar-refractivity contribution in [1.82, 2.24) is 4.57 Å². The molecule has 1 aromatic carbocycles. The lowest BCUT2D eigenvalue weighted by atomic mass is 10.2. The standard InChI is InChI=1S/C14H13FN2O/c1-10-2-5-13-8-17(14(18)9-16(10)13)12-6-3-11(15)4-7-12/h2-7H,8-9H2,1H3. The number of benzene rings is 1. The summed E-state index contributed by atoms with van der Waals surface area (Å²) in [5.41, 5.74) is 2.94. The van der Waals surface area contributed by atoms with Crippen molar-refractivity contribution in [2.24, 2.45) is 0 Å². The van der Waals surface area contributed by atoms with Gasteiger partial charge in [-0.3, -0.25) is 4.79 Å². The Bertz CT molecular complexity index is 601. The Morgan fingerprint density at radius 3 is 2.50 bits per heavy atom. The minimum absolute atomic E-state index is 0.0356. The first kappa shape index (κ1) is 11.0. The number of carbonyl (C=O) groups excluding carboxylic acids is 1. The molecule has 3 nitrogen and oxygen atoms in total. The molecule has 0 aliphatic carbocycles. The minimum atomic E-state index is -0.289. The molecule has 1 amide bonds. The number of nitrogens with zero attached hydrogens (tertiary/aromatic N) is 2. The second kappa shape index (κ2) is 3.98. The monoisotopic (exact) mass is 244 g/mol. The van der Waals surface area contributed by atoms with Gasteiger partial charge in [0.05, 0.1) is 6.54 Å². The van der Waals surface area contributed by atoms with Crippen LogP contribution in [-0.4, -0.2) is 10.5 Å². The van der Waals surface area contributed by atoms with Crippen molar-refractivity contribution in [2.75, 3.05) is 4.90 Å². The summed E-state index contributed by atoms with van der Waals surface area (Å²) in [4.78, 5) is 13.8. The summed E-state index contributed by atoms with van der Waals surface area (Å²) >= 11 is 0. The van der Waals surface area contributed by atoms with Gasteiger partial charge in [-0.2, -0.15) is 0 Å². The summed E-state index contributed by atoms with van der Waals surface area (Å²) in [6, 6.07) is 10.1. The van der Waals surface area contributed by atoms with E-state index in [1.54, 1.807) is 17.0 Å². The highest BCUT2D eigenvalue weighted by Crippen LogP contribution is 2.23. The number of halogens is 1. The molecule has 0 spiro atoms. The fourth-order valence-corrected chi connectivity index (χ4v) is 2.31. The molecule has 1 aliphatic heterocycles. The van der Waals surface area contributed by atoms with Gasteiger partial charge in [0.15, 0.2) is 0 Å². The Labute approximate surface area is 104 Å². The quantitative estimate of drug-likeness (QED) is 0.756. The van der Waals surface area contributed by atoms with Crippen LogP contribution in [0.2, 0.25) is 0 Å². The molecule has 2 heterocycles. The lowest BCUT2D eigenvalue weighted by Gasteiger charge is -2.29. The molecule has 0 radical (unpaired) electrons. The van der Waals surface area contributed by atoms with Crippen molar-refractivity contribution >= 4 is 11.6 Å². The molecule has 3 rings (SSSR count). The van der Waals surface area contributed by atoms with Crippen LogP contribution >= 0.6 is 0 Å². The number of aromatic nitrogens is 1. The van der Waals surface area contributed by atoms with Gasteiger partial charge in [-0.05, 0) is 43.3 Å². The third kappa shape index (κ3) is 1.70. The Morgan fingerprint density at radius 2 is 1.78 bits per heavy atom. The normalized spacial score (nSPS) is 14.8. The Hall–Kier alpha value is -2.10. The maximum Gasteiger partial charge on any atom is 0.247 e. The van der Waals surface area contributed by atoms with Crippen LogP contribution in [0.1, 0.15) is 11.4 Å². The molecule has 1 aliphatic rings. The van der Waals surface area contributed by atoms with E-state index in [0.717, 1.165) is 17.1 Å². The van der Waals surface area contributed by atoms with Gasteiger partial charge in [0.2, 0.25) is 5.91 Å². The Morgan fingerprint density at radius 1 is 1.06 bits per heavy atom. The lowest BCUT2D eigenvalue weighted by molar-refractivity contribution is -0.120. The zero-order valence-electron chi connectivity index (χ0n) is 10.1. The minimum Gasteiger partial charge on any atom is -0.338 e. The van der Waals surface area contributed by atoms with Gasteiger partial charge in [-0.1, -0.05) is 0 Å². The first-order chi connectivity index (χ1) is 8.65. The van der Waals surface area contributed by atoms with Crippen LogP contribution in [0.4, 0.5) is 10.1 Å². The summed E-state index contributed by atoms with van der Waals surface area (Å²) in [7, 11) is 0. The molecule has 0 bridgehead atoms. The number of hydrogen-bond donors (Lipinski definition) is 0. The van der Waals surface area contributed by atoms with E-state index in [1.165, 1.54) is 12.1 Å². The van der Waals surface area contributed by atoms with Crippen molar-refractivity contribution in [3.8, 4) is 0 Å². The van der Waals surface area contributed by atoms with Gasteiger partial charge in [0.1, 0.15) is 12.4 Å². The number of hydrogen-bond acceptors (Lipinski definition) is 1. The fourth-order valence-electron chi connectivity index (χ4n) is 2.31. The molecule has 4 heteroatoms. The van der Waals surface area contributed by atoms with E-state index in [2.05, 4.69) is 0 Å². The molecule has 0 saturated heterocycles. The molecule has 0 N–H and O–H groups in total. The predicted octanol–water partition coefficient (Wildman–Crippen LogP) is 2.48. The number of fused-ring (bicyclic) bond motifs is 1. The molecule has 0 atom stereocenters. The summed E-state index contributed by atoms with van der Waals surface area (Å²) in [6.07, 6.45) is 0. The van der Waals surface area contributed by atoms with Crippen LogP contribution in [-0.2, 0) is 17.9 Å². The van der Waals surface area contributed by atoms with Crippen LogP contribution in [0.5, 0.6) is 0 Å². The number of carbonyl (C=O) groups is 1. The van der Waals surface area contributed by atoms with Crippen LogP contribution in [0.3, 0.4) is 0 Å². The summed E-state index contributed by atoms with van der Waals surface area (Å²) in [5, 5.41) is 0. The largest absolute Gasteiger partial charge is 0.338 e. The maximum absolute atomic E-state index is 12.9. The first-order valence-electron chi connectivity index (χ1n) is 5.86. The number of anilines is 1. The van der Waals surface area contributed by atoms with Gasteiger partial charge in [-0.25, -0.2) is 4.39 Å². The summed E-state index contributed by atoms with van der Waals surface area (Å²) in [6.45, 7) is 2.88. The average Bonchev–Trinajstić information content (AvgIpc) is 2.71. The molecule has 92 valence electrons. The van der Waals surface area contributed by atoms with E-state index in [1.807, 2.05) is 23.6 Å². The topological polar surface area (TPSA) is 25.2 Å². The van der Waals surface area contributed by atoms with Gasteiger partial charge < -0.3 is 9.47 Å². The van der Waals surface area contributed by atoms with Crippen LogP contribution < -0.4 is 4.90 Å². The Kier molecular flexibility index (Phi) is 2.44. The van der Waals surface area contributed by atoms with Crippen molar-refractivity contribution in [1.29, 1.82) is 0 Å². The smallest absolute Gasteiger partial charge is 0.247 e. The molecule has 2 aromatic rings. The van der Waals surface area contributed by atoms with Gasteiger partial charge in [-0.15, -0.1) is 0 Å². The summed E-state index contributed by atoms with van der Waals surface area (Å²) in [5.74, 6) is -0.254. The van der Waals surface area contributed by atoms with Crippen molar-refractivity contribution in [3.05, 3.63) is 53.6 Å². The predicted molar refractivity (Wildman–Crippen MR) is 66.8 cm³/mol. The average molecular weight is 244 g/mol. The zero-order valence-corrected chi connectivity index (χ0v) is 10.1. The van der Waals surface area contributed by atoms with Gasteiger partial charge >= 0.3 is 0 Å². The summed E-state index contributed by atoms with van der Waals surface area (Å²) < 4.78 is 14.9. The lowest BCUT2D eigenvalue weighted by Crippen LogP contribution is -2.39. The highest BCUT2D eigenvalue weighted by molar-refractivity contribution is 5.94. The molecule has 1 aromatic heterocycles. The SMILES string of the molecule is Cc1ccc2n1CC(=O)N(c1ccc(F)cc1)C2. The third-order valence-electron chi connectivity index (χ3n) is 3.34. The highest BCUT2D eigenvalue weighted by atomic mass is 19.1. The number of aryl methyl sites for hydroxylation is 1. The van der Waals surface area contributed by atoms with E-state index in [0.29, 0.717) is 13.1 Å². The molecule has 0 saturated carbocycles. The van der Waals surface area contributed by atoms with Crippen molar-refractivity contribution in [2.45, 2.75) is 20.0 Å². The molecular weight excluding hydrogens is 231 g/mol. The van der Waals surface area contributed by atoms with E-state index < -0.39 is 0 Å². The molecule has 18 heavy (non-hydrogen) atoms. The molecule has 0 unspecified atom stereocenters.